The van der Waals surface area contributed by atoms with Gasteiger partial charge in [0, 0.05) is 17.4 Å². The van der Waals surface area contributed by atoms with Crippen molar-refractivity contribution < 1.29 is 0 Å². The number of nitrogens with one attached hydrogen (secondary N) is 1. The van der Waals surface area contributed by atoms with Crippen LogP contribution in [0.1, 0.15) is 29.7 Å². The Kier molecular flexibility index (Phi) is 4.38. The number of aryl methyl sites for hydroxylation is 1. The fourth-order valence-corrected chi connectivity index (χ4v) is 3.12. The van der Waals surface area contributed by atoms with E-state index in [4.69, 9.17) is 5.73 Å². The molecule has 3 aromatic heterocycles. The molecule has 3 N–H and O–H groups in total. The second kappa shape index (κ2) is 7.00. The van der Waals surface area contributed by atoms with Gasteiger partial charge in [-0.05, 0) is 25.5 Å². The zero-order valence-corrected chi connectivity index (χ0v) is 15.6. The van der Waals surface area contributed by atoms with Gasteiger partial charge >= 0.3 is 0 Å². The molecule has 0 unspecified atom stereocenters. The standard InChI is InChI=1S/C21H19N7/c1-13-17(23)8-9-28-18(12-24-20(13)28)19-16(10-22)11-25-21(27-19)26-14(2)15-6-4-3-5-7-15/h3-9,11-12,14H,23H2,1-2H3,(H,25,26,27)/t14-/m0/s1. The van der Waals surface area contributed by atoms with Crippen molar-refractivity contribution >= 4 is 17.3 Å². The van der Waals surface area contributed by atoms with E-state index in [0.717, 1.165) is 16.8 Å². The minimum Gasteiger partial charge on any atom is -0.398 e. The summed E-state index contributed by atoms with van der Waals surface area (Å²) in [5.41, 5.74) is 11.0. The first-order valence-electron chi connectivity index (χ1n) is 8.89. The Morgan fingerprint density at radius 2 is 1.93 bits per heavy atom. The van der Waals surface area contributed by atoms with E-state index in [-0.39, 0.29) is 6.04 Å². The third-order valence-electron chi connectivity index (χ3n) is 4.77. The van der Waals surface area contributed by atoms with Gasteiger partial charge in [0.1, 0.15) is 17.4 Å². The summed E-state index contributed by atoms with van der Waals surface area (Å²) in [5, 5.41) is 12.8. The minimum absolute atomic E-state index is 0.0196. The van der Waals surface area contributed by atoms with Gasteiger partial charge in [-0.15, -0.1) is 0 Å². The average molecular weight is 369 g/mol. The summed E-state index contributed by atoms with van der Waals surface area (Å²) in [5.74, 6) is 0.451. The van der Waals surface area contributed by atoms with Gasteiger partial charge < -0.3 is 11.1 Å². The quantitative estimate of drug-likeness (QED) is 0.568. The predicted octanol–water partition coefficient (Wildman–Crippen LogP) is 3.73. The van der Waals surface area contributed by atoms with Gasteiger partial charge in [0.25, 0.3) is 0 Å². The summed E-state index contributed by atoms with van der Waals surface area (Å²) in [7, 11) is 0. The molecule has 0 bridgehead atoms. The molecule has 138 valence electrons. The van der Waals surface area contributed by atoms with Gasteiger partial charge in [-0.3, -0.25) is 4.40 Å². The monoisotopic (exact) mass is 369 g/mol. The third-order valence-corrected chi connectivity index (χ3v) is 4.77. The molecule has 0 aliphatic heterocycles. The molecular weight excluding hydrogens is 350 g/mol. The summed E-state index contributed by atoms with van der Waals surface area (Å²) in [6.45, 7) is 3.96. The number of anilines is 2. The number of nitrogen functional groups attached to an aromatic ring is 1. The molecule has 0 aliphatic rings. The maximum Gasteiger partial charge on any atom is 0.223 e. The van der Waals surface area contributed by atoms with Crippen molar-refractivity contribution in [3.05, 3.63) is 71.7 Å². The predicted molar refractivity (Wildman–Crippen MR) is 109 cm³/mol. The molecular formula is C21H19N7. The summed E-state index contributed by atoms with van der Waals surface area (Å²) >= 11 is 0. The van der Waals surface area contributed by atoms with E-state index in [9.17, 15) is 5.26 Å². The highest BCUT2D eigenvalue weighted by Crippen LogP contribution is 2.27. The number of benzene rings is 1. The SMILES string of the molecule is Cc1c(N)ccn2c(-c3nc(N[C@@H](C)c4ccccc4)ncc3C#N)cnc12. The third kappa shape index (κ3) is 3.01. The van der Waals surface area contributed by atoms with E-state index in [0.29, 0.717) is 28.6 Å². The minimum atomic E-state index is 0.0196. The number of rotatable bonds is 4. The Bertz CT molecular complexity index is 1190. The van der Waals surface area contributed by atoms with Crippen LogP contribution in [0.3, 0.4) is 0 Å². The molecule has 0 radical (unpaired) electrons. The molecule has 3 heterocycles. The van der Waals surface area contributed by atoms with Crippen LogP contribution in [0.25, 0.3) is 17.0 Å². The van der Waals surface area contributed by atoms with Crippen LogP contribution in [0.4, 0.5) is 11.6 Å². The molecule has 0 spiro atoms. The van der Waals surface area contributed by atoms with Crippen LogP contribution in [0.5, 0.6) is 0 Å². The molecule has 0 aliphatic carbocycles. The van der Waals surface area contributed by atoms with Gasteiger partial charge in [-0.2, -0.15) is 5.26 Å². The van der Waals surface area contributed by atoms with Crippen LogP contribution in [-0.4, -0.2) is 19.4 Å². The van der Waals surface area contributed by atoms with Crippen molar-refractivity contribution in [2.24, 2.45) is 0 Å². The molecule has 1 atom stereocenters. The first kappa shape index (κ1) is 17.5. The van der Waals surface area contributed by atoms with Crippen LogP contribution in [-0.2, 0) is 0 Å². The van der Waals surface area contributed by atoms with Gasteiger partial charge in [0.15, 0.2) is 0 Å². The molecule has 7 nitrogen and oxygen atoms in total. The maximum absolute atomic E-state index is 9.54. The Morgan fingerprint density at radius 3 is 2.68 bits per heavy atom. The first-order valence-corrected chi connectivity index (χ1v) is 8.89. The highest BCUT2D eigenvalue weighted by molar-refractivity contribution is 5.71. The van der Waals surface area contributed by atoms with Gasteiger partial charge in [-0.25, -0.2) is 15.0 Å². The largest absolute Gasteiger partial charge is 0.398 e. The summed E-state index contributed by atoms with van der Waals surface area (Å²) in [6.07, 6.45) is 5.07. The lowest BCUT2D eigenvalue weighted by atomic mass is 10.1. The van der Waals surface area contributed by atoms with Gasteiger partial charge in [0.2, 0.25) is 5.95 Å². The maximum atomic E-state index is 9.54. The van der Waals surface area contributed by atoms with E-state index in [2.05, 4.69) is 26.3 Å². The molecule has 1 aromatic carbocycles. The summed E-state index contributed by atoms with van der Waals surface area (Å²) in [4.78, 5) is 13.4. The molecule has 4 rings (SSSR count). The Morgan fingerprint density at radius 1 is 1.14 bits per heavy atom. The highest BCUT2D eigenvalue weighted by atomic mass is 15.1. The molecule has 7 heteroatoms. The van der Waals surface area contributed by atoms with Crippen LogP contribution in [0.2, 0.25) is 0 Å². The zero-order chi connectivity index (χ0) is 19.7. The molecule has 0 saturated carbocycles. The number of fused-ring (bicyclic) bond motifs is 1. The zero-order valence-electron chi connectivity index (χ0n) is 15.6. The van der Waals surface area contributed by atoms with Gasteiger partial charge in [0.05, 0.1) is 29.7 Å². The lowest BCUT2D eigenvalue weighted by molar-refractivity contribution is 0.860. The molecule has 4 aromatic rings. The van der Waals surface area contributed by atoms with Crippen LogP contribution < -0.4 is 11.1 Å². The van der Waals surface area contributed by atoms with E-state index < -0.39 is 0 Å². The number of hydrogen-bond donors (Lipinski definition) is 2. The number of aromatic nitrogens is 4. The average Bonchev–Trinajstić information content (AvgIpc) is 3.16. The molecule has 0 saturated heterocycles. The number of nitriles is 1. The fraction of sp³-hybridized carbons (Fsp3) is 0.143. The van der Waals surface area contributed by atoms with Crippen molar-refractivity contribution in [2.45, 2.75) is 19.9 Å². The van der Waals surface area contributed by atoms with Crippen molar-refractivity contribution in [3.8, 4) is 17.5 Å². The van der Waals surface area contributed by atoms with Gasteiger partial charge in [-0.1, -0.05) is 30.3 Å². The Hall–Kier alpha value is -3.92. The van der Waals surface area contributed by atoms with E-state index in [1.807, 2.05) is 60.8 Å². The smallest absolute Gasteiger partial charge is 0.223 e. The molecule has 0 fully saturated rings. The topological polar surface area (TPSA) is 105 Å². The number of nitrogens with two attached hydrogens (primary N) is 1. The highest BCUT2D eigenvalue weighted by Gasteiger charge is 2.16. The van der Waals surface area contributed by atoms with Crippen LogP contribution >= 0.6 is 0 Å². The second-order valence-electron chi connectivity index (χ2n) is 6.58. The lowest BCUT2D eigenvalue weighted by Crippen LogP contribution is -2.10. The van der Waals surface area contributed by atoms with Crippen LogP contribution in [0.15, 0.2) is 55.0 Å². The molecule has 28 heavy (non-hydrogen) atoms. The second-order valence-corrected chi connectivity index (χ2v) is 6.58. The van der Waals surface area contributed by atoms with Crippen molar-refractivity contribution in [1.29, 1.82) is 5.26 Å². The normalized spacial score (nSPS) is 11.9. The van der Waals surface area contributed by atoms with Crippen LogP contribution in [0, 0.1) is 18.3 Å². The van der Waals surface area contributed by atoms with Crippen molar-refractivity contribution in [2.75, 3.05) is 11.1 Å². The van der Waals surface area contributed by atoms with Crippen molar-refractivity contribution in [3.63, 3.8) is 0 Å². The number of hydrogen-bond acceptors (Lipinski definition) is 6. The number of pyridine rings is 1. The first-order chi connectivity index (χ1) is 13.6. The summed E-state index contributed by atoms with van der Waals surface area (Å²) in [6, 6.07) is 14.0. The Balaban J connectivity index is 1.77. The lowest BCUT2D eigenvalue weighted by Gasteiger charge is -2.15. The summed E-state index contributed by atoms with van der Waals surface area (Å²) < 4.78 is 1.89. The van der Waals surface area contributed by atoms with E-state index in [1.165, 1.54) is 6.20 Å². The Labute approximate surface area is 162 Å². The van der Waals surface area contributed by atoms with Crippen molar-refractivity contribution in [1.82, 2.24) is 19.4 Å². The number of nitrogens with zero attached hydrogens (tertiary/aromatic N) is 5. The van der Waals surface area contributed by atoms with E-state index >= 15 is 0 Å². The van der Waals surface area contributed by atoms with E-state index in [1.54, 1.807) is 6.20 Å². The molecule has 0 amide bonds. The number of imidazole rings is 1. The fourth-order valence-electron chi connectivity index (χ4n) is 3.12.